The highest BCUT2D eigenvalue weighted by atomic mass is 16.3. The molecule has 1 aromatic rings. The fourth-order valence-corrected chi connectivity index (χ4v) is 1.09. The third kappa shape index (κ3) is 2.74. The minimum Gasteiger partial charge on any atom is -0.321 e. The quantitative estimate of drug-likeness (QED) is 0.735. The number of rotatable bonds is 4. The SMILES string of the molecule is CC(=O)[C@H](N)Cc1ccc(N=O)cc1. The number of ketones is 1. The molecular weight excluding hydrogens is 180 g/mol. The molecule has 1 aromatic carbocycles. The average Bonchev–Trinajstić information content (AvgIpc) is 2.19. The minimum atomic E-state index is -0.468. The van der Waals surface area contributed by atoms with Crippen molar-refractivity contribution in [1.29, 1.82) is 0 Å². The molecule has 0 aromatic heterocycles. The van der Waals surface area contributed by atoms with Gasteiger partial charge in [-0.2, -0.15) is 0 Å². The highest BCUT2D eigenvalue weighted by Crippen LogP contribution is 2.13. The van der Waals surface area contributed by atoms with Gasteiger partial charge in [0.25, 0.3) is 0 Å². The van der Waals surface area contributed by atoms with Crippen molar-refractivity contribution >= 4 is 11.5 Å². The van der Waals surface area contributed by atoms with E-state index in [1.165, 1.54) is 6.92 Å². The van der Waals surface area contributed by atoms with Gasteiger partial charge in [0.2, 0.25) is 0 Å². The first kappa shape index (κ1) is 10.5. The first-order chi connectivity index (χ1) is 6.63. The molecule has 1 atom stereocenters. The fraction of sp³-hybridized carbons (Fsp3) is 0.300. The highest BCUT2D eigenvalue weighted by Gasteiger charge is 2.08. The molecule has 0 unspecified atom stereocenters. The first-order valence-electron chi connectivity index (χ1n) is 4.32. The van der Waals surface area contributed by atoms with Crippen LogP contribution in [-0.2, 0) is 11.2 Å². The van der Waals surface area contributed by atoms with Crippen LogP contribution in [0.25, 0.3) is 0 Å². The Bertz CT molecular complexity index is 332. The van der Waals surface area contributed by atoms with E-state index in [9.17, 15) is 9.70 Å². The molecule has 4 heteroatoms. The van der Waals surface area contributed by atoms with Gasteiger partial charge in [0, 0.05) is 0 Å². The van der Waals surface area contributed by atoms with Gasteiger partial charge in [-0.25, -0.2) is 0 Å². The Labute approximate surface area is 82.1 Å². The summed E-state index contributed by atoms with van der Waals surface area (Å²) in [6, 6.07) is 6.24. The Morgan fingerprint density at radius 3 is 2.43 bits per heavy atom. The van der Waals surface area contributed by atoms with Gasteiger partial charge in [0.1, 0.15) is 11.5 Å². The molecule has 0 aliphatic carbocycles. The number of nitrogens with zero attached hydrogens (tertiary/aromatic N) is 1. The zero-order valence-corrected chi connectivity index (χ0v) is 7.93. The maximum Gasteiger partial charge on any atom is 0.146 e. The van der Waals surface area contributed by atoms with Crippen molar-refractivity contribution in [3.63, 3.8) is 0 Å². The molecule has 0 fully saturated rings. The van der Waals surface area contributed by atoms with Crippen molar-refractivity contribution in [3.8, 4) is 0 Å². The number of Topliss-reactive ketones (excluding diaryl/α,β-unsaturated/α-hetero) is 1. The maximum atomic E-state index is 10.9. The van der Waals surface area contributed by atoms with Crippen LogP contribution in [0, 0.1) is 4.91 Å². The zero-order chi connectivity index (χ0) is 10.6. The molecule has 0 aliphatic heterocycles. The van der Waals surface area contributed by atoms with Crippen LogP contribution >= 0.6 is 0 Å². The van der Waals surface area contributed by atoms with Crippen molar-refractivity contribution in [2.75, 3.05) is 0 Å². The van der Waals surface area contributed by atoms with Crippen molar-refractivity contribution in [2.24, 2.45) is 10.9 Å². The lowest BCUT2D eigenvalue weighted by Crippen LogP contribution is -2.30. The van der Waals surface area contributed by atoms with Crippen LogP contribution in [0.2, 0.25) is 0 Å². The number of hydrogen-bond donors (Lipinski definition) is 1. The zero-order valence-electron chi connectivity index (χ0n) is 7.93. The summed E-state index contributed by atoms with van der Waals surface area (Å²) in [5.41, 5.74) is 6.89. The van der Waals surface area contributed by atoms with E-state index in [2.05, 4.69) is 5.18 Å². The summed E-state index contributed by atoms with van der Waals surface area (Å²) in [4.78, 5) is 21.0. The minimum absolute atomic E-state index is 0.0393. The van der Waals surface area contributed by atoms with E-state index >= 15 is 0 Å². The van der Waals surface area contributed by atoms with E-state index in [1.54, 1.807) is 24.3 Å². The van der Waals surface area contributed by atoms with E-state index in [1.807, 2.05) is 0 Å². The molecule has 0 bridgehead atoms. The first-order valence-corrected chi connectivity index (χ1v) is 4.32. The predicted octanol–water partition coefficient (Wildman–Crippen LogP) is 1.54. The lowest BCUT2D eigenvalue weighted by molar-refractivity contribution is -0.118. The summed E-state index contributed by atoms with van der Waals surface area (Å²) >= 11 is 0. The van der Waals surface area contributed by atoms with E-state index < -0.39 is 6.04 Å². The fourth-order valence-electron chi connectivity index (χ4n) is 1.09. The van der Waals surface area contributed by atoms with Crippen LogP contribution in [-0.4, -0.2) is 11.8 Å². The number of carbonyl (C=O) groups excluding carboxylic acids is 1. The summed E-state index contributed by atoms with van der Waals surface area (Å²) in [7, 11) is 0. The van der Waals surface area contributed by atoms with Crippen molar-refractivity contribution in [1.82, 2.24) is 0 Å². The molecule has 0 spiro atoms. The molecule has 74 valence electrons. The predicted molar refractivity (Wildman–Crippen MR) is 54.3 cm³/mol. The van der Waals surface area contributed by atoms with Gasteiger partial charge < -0.3 is 5.73 Å². The van der Waals surface area contributed by atoms with E-state index in [0.717, 1.165) is 5.56 Å². The maximum absolute atomic E-state index is 10.9. The Hall–Kier alpha value is -1.55. The number of nitrogens with two attached hydrogens (primary N) is 1. The summed E-state index contributed by atoms with van der Waals surface area (Å²) < 4.78 is 0. The van der Waals surface area contributed by atoms with Crippen molar-refractivity contribution in [2.45, 2.75) is 19.4 Å². The van der Waals surface area contributed by atoms with Crippen LogP contribution in [0.3, 0.4) is 0 Å². The van der Waals surface area contributed by atoms with Gasteiger partial charge in [-0.1, -0.05) is 12.1 Å². The molecule has 0 saturated heterocycles. The summed E-state index contributed by atoms with van der Waals surface area (Å²) in [6.45, 7) is 1.46. The van der Waals surface area contributed by atoms with E-state index in [-0.39, 0.29) is 5.78 Å². The van der Waals surface area contributed by atoms with E-state index in [4.69, 9.17) is 5.73 Å². The highest BCUT2D eigenvalue weighted by molar-refractivity contribution is 5.81. The largest absolute Gasteiger partial charge is 0.321 e. The normalized spacial score (nSPS) is 12.1. The summed E-state index contributed by atoms with van der Waals surface area (Å²) in [5, 5.41) is 2.78. The Kier molecular flexibility index (Phi) is 3.48. The molecule has 2 N–H and O–H groups in total. The third-order valence-corrected chi connectivity index (χ3v) is 2.02. The monoisotopic (exact) mass is 192 g/mol. The Morgan fingerprint density at radius 2 is 2.00 bits per heavy atom. The third-order valence-electron chi connectivity index (χ3n) is 2.02. The molecule has 0 saturated carbocycles. The Morgan fingerprint density at radius 1 is 1.43 bits per heavy atom. The van der Waals surface area contributed by atoms with Crippen molar-refractivity contribution < 1.29 is 4.79 Å². The van der Waals surface area contributed by atoms with Gasteiger partial charge in [-0.3, -0.25) is 4.79 Å². The molecule has 0 aliphatic rings. The smallest absolute Gasteiger partial charge is 0.146 e. The topological polar surface area (TPSA) is 72.5 Å². The van der Waals surface area contributed by atoms with Gasteiger partial charge in [0.15, 0.2) is 0 Å². The Balaban J connectivity index is 2.68. The van der Waals surface area contributed by atoms with Gasteiger partial charge in [-0.15, -0.1) is 4.91 Å². The van der Waals surface area contributed by atoms with Crippen LogP contribution in [0.15, 0.2) is 29.4 Å². The molecule has 0 radical (unpaired) electrons. The average molecular weight is 192 g/mol. The van der Waals surface area contributed by atoms with Crippen LogP contribution in [0.4, 0.5) is 5.69 Å². The number of benzene rings is 1. The van der Waals surface area contributed by atoms with Gasteiger partial charge in [-0.05, 0) is 36.2 Å². The summed E-state index contributed by atoms with van der Waals surface area (Å²) in [6.07, 6.45) is 0.495. The molecule has 14 heavy (non-hydrogen) atoms. The number of carbonyl (C=O) groups is 1. The van der Waals surface area contributed by atoms with Gasteiger partial charge in [0.05, 0.1) is 6.04 Å². The van der Waals surface area contributed by atoms with E-state index in [0.29, 0.717) is 12.1 Å². The van der Waals surface area contributed by atoms with Crippen LogP contribution in [0.1, 0.15) is 12.5 Å². The molecular formula is C10H12N2O2. The molecule has 1 rings (SSSR count). The van der Waals surface area contributed by atoms with Crippen molar-refractivity contribution in [3.05, 3.63) is 34.7 Å². The van der Waals surface area contributed by atoms with Crippen LogP contribution in [0.5, 0.6) is 0 Å². The lowest BCUT2D eigenvalue weighted by Gasteiger charge is -2.06. The lowest BCUT2D eigenvalue weighted by atomic mass is 10.0. The second kappa shape index (κ2) is 4.62. The number of nitroso groups, excluding NO2 is 1. The number of hydrogen-bond acceptors (Lipinski definition) is 4. The summed E-state index contributed by atoms with van der Waals surface area (Å²) in [5.74, 6) is -0.0393. The second-order valence-corrected chi connectivity index (χ2v) is 3.18. The molecule has 0 amide bonds. The van der Waals surface area contributed by atoms with Crippen LogP contribution < -0.4 is 5.73 Å². The standard InChI is InChI=1S/C10H12N2O2/c1-7(13)10(11)6-8-2-4-9(12-14)5-3-8/h2-5,10H,6,11H2,1H3/t10-/m1/s1. The molecule has 0 heterocycles. The second-order valence-electron chi connectivity index (χ2n) is 3.18. The molecule has 4 nitrogen and oxygen atoms in total. The van der Waals surface area contributed by atoms with Gasteiger partial charge >= 0.3 is 0 Å².